The van der Waals surface area contributed by atoms with E-state index in [4.69, 9.17) is 13.6 Å². The maximum Gasteiger partial charge on any atom is 0.379 e. The van der Waals surface area contributed by atoms with Crippen LogP contribution in [-0.4, -0.2) is 5.97 Å². The second-order valence-electron chi connectivity index (χ2n) is 6.18. The van der Waals surface area contributed by atoms with E-state index in [0.717, 1.165) is 16.5 Å². The Hall–Kier alpha value is -3.60. The number of hydrogen-bond acceptors (Lipinski definition) is 5. The molecule has 2 aromatic heterocycles. The molecule has 27 heavy (non-hydrogen) atoms. The van der Waals surface area contributed by atoms with Gasteiger partial charge in [0.15, 0.2) is 0 Å². The number of carbonyl (C=O) groups excluding carboxylic acids is 1. The van der Waals surface area contributed by atoms with Crippen LogP contribution in [0.25, 0.3) is 11.0 Å². The molecule has 0 unspecified atom stereocenters. The molecule has 0 atom stereocenters. The summed E-state index contributed by atoms with van der Waals surface area (Å²) in [5, 5.41) is 0.804. The number of carbonyl (C=O) groups is 1. The van der Waals surface area contributed by atoms with Gasteiger partial charge in [0, 0.05) is 23.4 Å². The Bertz CT molecular complexity index is 1150. The molecule has 134 valence electrons. The quantitative estimate of drug-likeness (QED) is 0.304. The zero-order valence-corrected chi connectivity index (χ0v) is 14.6. The highest BCUT2D eigenvalue weighted by atomic mass is 16.5. The van der Waals surface area contributed by atoms with Gasteiger partial charge in [-0.05, 0) is 42.3 Å². The fraction of sp³-hybridized carbons (Fsp3) is 0.0909. The molecule has 0 saturated carbocycles. The lowest BCUT2D eigenvalue weighted by molar-refractivity contribution is 0.0701. The monoisotopic (exact) mass is 360 g/mol. The first kappa shape index (κ1) is 16.8. The molecule has 4 rings (SSSR count). The maximum atomic E-state index is 12.5. The van der Waals surface area contributed by atoms with E-state index in [0.29, 0.717) is 17.6 Å². The van der Waals surface area contributed by atoms with Gasteiger partial charge in [-0.25, -0.2) is 9.59 Å². The van der Waals surface area contributed by atoms with Crippen LogP contribution in [-0.2, 0) is 6.42 Å². The molecule has 2 aromatic carbocycles. The van der Waals surface area contributed by atoms with E-state index >= 15 is 0 Å². The van der Waals surface area contributed by atoms with Crippen LogP contribution in [0.15, 0.2) is 80.6 Å². The van der Waals surface area contributed by atoms with Crippen molar-refractivity contribution in [3.8, 4) is 5.75 Å². The van der Waals surface area contributed by atoms with E-state index in [1.807, 2.05) is 37.3 Å². The van der Waals surface area contributed by atoms with E-state index < -0.39 is 11.6 Å². The van der Waals surface area contributed by atoms with Crippen molar-refractivity contribution in [1.29, 1.82) is 0 Å². The first-order valence-electron chi connectivity index (χ1n) is 8.48. The van der Waals surface area contributed by atoms with Crippen LogP contribution in [0.5, 0.6) is 5.75 Å². The summed E-state index contributed by atoms with van der Waals surface area (Å²) < 4.78 is 15.8. The molecule has 0 aliphatic heterocycles. The Morgan fingerprint density at radius 3 is 2.59 bits per heavy atom. The molecule has 0 aliphatic carbocycles. The van der Waals surface area contributed by atoms with Crippen molar-refractivity contribution in [1.82, 2.24) is 0 Å². The summed E-state index contributed by atoms with van der Waals surface area (Å²) in [7, 11) is 0. The maximum absolute atomic E-state index is 12.5. The number of benzene rings is 2. The van der Waals surface area contributed by atoms with Gasteiger partial charge in [-0.2, -0.15) is 0 Å². The Morgan fingerprint density at radius 2 is 1.85 bits per heavy atom. The lowest BCUT2D eigenvalue weighted by Crippen LogP contribution is -2.11. The first-order chi connectivity index (χ1) is 13.1. The molecule has 2 heterocycles. The van der Waals surface area contributed by atoms with E-state index in [1.165, 1.54) is 18.4 Å². The summed E-state index contributed by atoms with van der Waals surface area (Å²) in [6, 6.07) is 17.9. The number of esters is 1. The SMILES string of the molecule is Cc1c(Cc2ccccc2)c(=O)oc2cc(OC(=O)c3ccco3)ccc12. The predicted octanol–water partition coefficient (Wildman–Crippen LogP) is 4.50. The van der Waals surface area contributed by atoms with Crippen molar-refractivity contribution in [3.63, 3.8) is 0 Å². The van der Waals surface area contributed by atoms with Gasteiger partial charge in [0.2, 0.25) is 5.76 Å². The van der Waals surface area contributed by atoms with Gasteiger partial charge in [0.05, 0.1) is 6.26 Å². The van der Waals surface area contributed by atoms with Crippen molar-refractivity contribution in [2.45, 2.75) is 13.3 Å². The van der Waals surface area contributed by atoms with Gasteiger partial charge >= 0.3 is 11.6 Å². The molecular formula is C22H16O5. The highest BCUT2D eigenvalue weighted by Crippen LogP contribution is 2.25. The Labute approximate surface area is 154 Å². The Morgan fingerprint density at radius 1 is 1.04 bits per heavy atom. The minimum absolute atomic E-state index is 0.103. The van der Waals surface area contributed by atoms with Gasteiger partial charge in [-0.3, -0.25) is 0 Å². The minimum Gasteiger partial charge on any atom is -0.457 e. The van der Waals surface area contributed by atoms with E-state index in [9.17, 15) is 9.59 Å². The van der Waals surface area contributed by atoms with E-state index in [1.54, 1.807) is 18.2 Å². The van der Waals surface area contributed by atoms with Gasteiger partial charge in [0.1, 0.15) is 11.3 Å². The number of aryl methyl sites for hydroxylation is 1. The topological polar surface area (TPSA) is 69.7 Å². The van der Waals surface area contributed by atoms with Crippen molar-refractivity contribution >= 4 is 16.9 Å². The van der Waals surface area contributed by atoms with Crippen molar-refractivity contribution in [2.75, 3.05) is 0 Å². The van der Waals surface area contributed by atoms with Gasteiger partial charge < -0.3 is 13.6 Å². The number of hydrogen-bond donors (Lipinski definition) is 0. The normalized spacial score (nSPS) is 10.9. The van der Waals surface area contributed by atoms with Crippen LogP contribution >= 0.6 is 0 Å². The molecule has 0 spiro atoms. The molecule has 4 aromatic rings. The smallest absolute Gasteiger partial charge is 0.379 e. The molecule has 0 amide bonds. The summed E-state index contributed by atoms with van der Waals surface area (Å²) in [6.45, 7) is 1.89. The van der Waals surface area contributed by atoms with Gasteiger partial charge in [-0.15, -0.1) is 0 Å². The molecule has 0 saturated heterocycles. The van der Waals surface area contributed by atoms with Crippen LogP contribution in [0.2, 0.25) is 0 Å². The highest BCUT2D eigenvalue weighted by molar-refractivity contribution is 5.89. The highest BCUT2D eigenvalue weighted by Gasteiger charge is 2.15. The average molecular weight is 360 g/mol. The van der Waals surface area contributed by atoms with Crippen LogP contribution < -0.4 is 10.4 Å². The third-order valence-electron chi connectivity index (χ3n) is 4.42. The fourth-order valence-electron chi connectivity index (χ4n) is 2.99. The molecule has 5 heteroatoms. The molecule has 0 fully saturated rings. The minimum atomic E-state index is -0.612. The number of rotatable bonds is 4. The van der Waals surface area contributed by atoms with Crippen LogP contribution in [0, 0.1) is 6.92 Å². The number of fused-ring (bicyclic) bond motifs is 1. The Balaban J connectivity index is 1.68. The van der Waals surface area contributed by atoms with Gasteiger partial charge in [-0.1, -0.05) is 30.3 Å². The lowest BCUT2D eigenvalue weighted by Gasteiger charge is -2.09. The van der Waals surface area contributed by atoms with Crippen LogP contribution in [0.4, 0.5) is 0 Å². The molecule has 0 N–H and O–H groups in total. The second-order valence-corrected chi connectivity index (χ2v) is 6.18. The molecule has 5 nitrogen and oxygen atoms in total. The lowest BCUT2D eigenvalue weighted by atomic mass is 10.00. The largest absolute Gasteiger partial charge is 0.457 e. The van der Waals surface area contributed by atoms with Crippen LogP contribution in [0.3, 0.4) is 0 Å². The molecule has 0 bridgehead atoms. The summed E-state index contributed by atoms with van der Waals surface area (Å²) in [4.78, 5) is 24.5. The fourth-order valence-corrected chi connectivity index (χ4v) is 2.99. The molecule has 0 aliphatic rings. The average Bonchev–Trinajstić information content (AvgIpc) is 3.21. The summed E-state index contributed by atoms with van der Waals surface area (Å²) in [6.07, 6.45) is 1.90. The van der Waals surface area contributed by atoms with Crippen molar-refractivity contribution in [2.24, 2.45) is 0 Å². The zero-order chi connectivity index (χ0) is 18.8. The number of furan rings is 1. The first-order valence-corrected chi connectivity index (χ1v) is 8.48. The third-order valence-corrected chi connectivity index (χ3v) is 4.42. The standard InChI is InChI=1S/C22H16O5/c1-14-17-10-9-16(26-22(24)19-8-5-11-25-19)13-20(17)27-21(23)18(14)12-15-6-3-2-4-7-15/h2-11,13H,12H2,1H3. The molecular weight excluding hydrogens is 344 g/mol. The van der Waals surface area contributed by atoms with E-state index in [-0.39, 0.29) is 11.5 Å². The summed E-state index contributed by atoms with van der Waals surface area (Å²) in [5.41, 5.74) is 2.50. The second kappa shape index (κ2) is 6.96. The third kappa shape index (κ3) is 3.40. The predicted molar refractivity (Wildman–Crippen MR) is 100 cm³/mol. The zero-order valence-electron chi connectivity index (χ0n) is 14.6. The summed E-state index contributed by atoms with van der Waals surface area (Å²) >= 11 is 0. The van der Waals surface area contributed by atoms with Crippen molar-refractivity contribution < 1.29 is 18.4 Å². The Kier molecular flexibility index (Phi) is 4.34. The number of ether oxygens (including phenoxy) is 1. The van der Waals surface area contributed by atoms with Gasteiger partial charge in [0.25, 0.3) is 0 Å². The van der Waals surface area contributed by atoms with E-state index in [2.05, 4.69) is 0 Å². The molecule has 0 radical (unpaired) electrons. The van der Waals surface area contributed by atoms with Crippen molar-refractivity contribution in [3.05, 3.63) is 99.8 Å². The summed E-state index contributed by atoms with van der Waals surface area (Å²) in [5.74, 6) is -0.229. The van der Waals surface area contributed by atoms with Crippen LogP contribution in [0.1, 0.15) is 27.2 Å².